The van der Waals surface area contributed by atoms with Crippen molar-refractivity contribution < 1.29 is 9.18 Å². The van der Waals surface area contributed by atoms with E-state index >= 15 is 0 Å². The Morgan fingerprint density at radius 1 is 1.14 bits per heavy atom. The predicted molar refractivity (Wildman–Crippen MR) is 110 cm³/mol. The van der Waals surface area contributed by atoms with E-state index in [2.05, 4.69) is 15.3 Å². The van der Waals surface area contributed by atoms with Crippen LogP contribution in [0.3, 0.4) is 0 Å². The van der Waals surface area contributed by atoms with Crippen LogP contribution >= 0.6 is 0 Å². The summed E-state index contributed by atoms with van der Waals surface area (Å²) in [6.45, 7) is 1.08. The number of nitrogens with zero attached hydrogens (tertiary/aromatic N) is 3. The molecular formula is C22H20FN5O. The highest BCUT2D eigenvalue weighted by Gasteiger charge is 2.39. The van der Waals surface area contributed by atoms with Crippen LogP contribution in [0.25, 0.3) is 10.9 Å². The smallest absolute Gasteiger partial charge is 0.253 e. The van der Waals surface area contributed by atoms with Gasteiger partial charge in [-0.05, 0) is 36.4 Å². The maximum absolute atomic E-state index is 14.1. The highest BCUT2D eigenvalue weighted by molar-refractivity contribution is 6.04. The summed E-state index contributed by atoms with van der Waals surface area (Å²) in [5, 5.41) is 4.29. The number of nitrogens with one attached hydrogen (secondary N) is 1. The first kappa shape index (κ1) is 17.6. The normalized spacial score (nSPS) is 17.6. The summed E-state index contributed by atoms with van der Waals surface area (Å²) >= 11 is 0. The molecule has 5 rings (SSSR count). The number of rotatable bonds is 1. The number of hydrogen-bond acceptors (Lipinski definition) is 5. The molecule has 146 valence electrons. The zero-order valence-corrected chi connectivity index (χ0v) is 15.7. The Kier molecular flexibility index (Phi) is 3.97. The van der Waals surface area contributed by atoms with E-state index in [0.717, 1.165) is 10.9 Å². The zero-order chi connectivity index (χ0) is 20.0. The van der Waals surface area contributed by atoms with Crippen LogP contribution < -0.4 is 11.1 Å². The average Bonchev–Trinajstić information content (AvgIpc) is 2.73. The second kappa shape index (κ2) is 6.55. The van der Waals surface area contributed by atoms with Crippen molar-refractivity contribution in [3.8, 4) is 0 Å². The third-order valence-corrected chi connectivity index (χ3v) is 5.70. The predicted octanol–water partition coefficient (Wildman–Crippen LogP) is 3.14. The number of amides is 1. The summed E-state index contributed by atoms with van der Waals surface area (Å²) in [4.78, 5) is 23.7. The van der Waals surface area contributed by atoms with Crippen LogP contribution in [-0.4, -0.2) is 40.4 Å². The number of benzene rings is 2. The zero-order valence-electron chi connectivity index (χ0n) is 15.7. The third kappa shape index (κ3) is 2.99. The quantitative estimate of drug-likeness (QED) is 0.670. The molecule has 0 unspecified atom stereocenters. The van der Waals surface area contributed by atoms with Crippen LogP contribution in [-0.2, 0) is 0 Å². The molecule has 2 aliphatic heterocycles. The van der Waals surface area contributed by atoms with Gasteiger partial charge in [-0.1, -0.05) is 12.1 Å². The molecule has 0 radical (unpaired) electrons. The van der Waals surface area contributed by atoms with E-state index in [1.165, 1.54) is 6.07 Å². The number of piperidine rings is 1. The van der Waals surface area contributed by atoms with Gasteiger partial charge in [0.2, 0.25) is 0 Å². The Morgan fingerprint density at radius 3 is 2.79 bits per heavy atom. The average molecular weight is 389 g/mol. The SMILES string of the molecule is NC1=NC2(CCN(C(=O)c3ccc4ncccc4c3)CC2)Nc2cccc(F)c21. The number of aromatic nitrogens is 1. The van der Waals surface area contributed by atoms with Crippen molar-refractivity contribution >= 4 is 28.3 Å². The third-order valence-electron chi connectivity index (χ3n) is 5.70. The van der Waals surface area contributed by atoms with Crippen LogP contribution in [0.15, 0.2) is 59.7 Å². The maximum Gasteiger partial charge on any atom is 0.253 e. The van der Waals surface area contributed by atoms with E-state index in [1.54, 1.807) is 12.3 Å². The molecule has 1 aromatic heterocycles. The van der Waals surface area contributed by atoms with Crippen molar-refractivity contribution in [3.63, 3.8) is 0 Å². The topological polar surface area (TPSA) is 83.6 Å². The van der Waals surface area contributed by atoms with Crippen LogP contribution in [0.2, 0.25) is 0 Å². The highest BCUT2D eigenvalue weighted by atomic mass is 19.1. The van der Waals surface area contributed by atoms with Crippen molar-refractivity contribution in [3.05, 3.63) is 71.7 Å². The van der Waals surface area contributed by atoms with Gasteiger partial charge in [-0.15, -0.1) is 0 Å². The second-order valence-corrected chi connectivity index (χ2v) is 7.52. The fourth-order valence-electron chi connectivity index (χ4n) is 4.16. The second-order valence-electron chi connectivity index (χ2n) is 7.52. The van der Waals surface area contributed by atoms with Gasteiger partial charge in [0.05, 0.1) is 11.1 Å². The summed E-state index contributed by atoms with van der Waals surface area (Å²) in [5.41, 5.74) is 7.96. The number of carbonyl (C=O) groups excluding carboxylic acids is 1. The molecule has 1 fully saturated rings. The summed E-state index contributed by atoms with van der Waals surface area (Å²) in [6, 6.07) is 14.2. The molecule has 3 N–H and O–H groups in total. The number of anilines is 1. The molecule has 0 atom stereocenters. The fraction of sp³-hybridized carbons (Fsp3) is 0.227. The van der Waals surface area contributed by atoms with E-state index in [0.29, 0.717) is 42.7 Å². The van der Waals surface area contributed by atoms with Crippen LogP contribution in [0.1, 0.15) is 28.8 Å². The lowest BCUT2D eigenvalue weighted by atomic mass is 9.93. The fourth-order valence-corrected chi connectivity index (χ4v) is 4.16. The molecule has 3 heterocycles. The van der Waals surface area contributed by atoms with Gasteiger partial charge in [0.25, 0.3) is 5.91 Å². The van der Waals surface area contributed by atoms with Crippen molar-refractivity contribution in [1.29, 1.82) is 0 Å². The van der Waals surface area contributed by atoms with Crippen molar-refractivity contribution in [2.24, 2.45) is 10.7 Å². The minimum absolute atomic E-state index is 0.00944. The standard InChI is InChI=1S/C22H20FN5O/c23-16-4-1-5-18-19(16)20(24)27-22(26-18)8-11-28(12-9-22)21(29)15-6-7-17-14(13-15)3-2-10-25-17/h1-7,10,13,26H,8-9,11-12H2,(H2,24,27). The lowest BCUT2D eigenvalue weighted by Crippen LogP contribution is -2.52. The van der Waals surface area contributed by atoms with Crippen molar-refractivity contribution in [1.82, 2.24) is 9.88 Å². The molecule has 7 heteroatoms. The number of aliphatic imine (C=N–C) groups is 1. The molecule has 0 bridgehead atoms. The van der Waals surface area contributed by atoms with Gasteiger partial charge < -0.3 is 16.0 Å². The monoisotopic (exact) mass is 389 g/mol. The van der Waals surface area contributed by atoms with Crippen molar-refractivity contribution in [2.75, 3.05) is 18.4 Å². The summed E-state index contributed by atoms with van der Waals surface area (Å²) in [5.74, 6) is -0.187. The molecular weight excluding hydrogens is 369 g/mol. The maximum atomic E-state index is 14.1. The number of amidine groups is 1. The first-order valence-electron chi connectivity index (χ1n) is 9.61. The Labute approximate surface area is 167 Å². The van der Waals surface area contributed by atoms with Gasteiger partial charge in [-0.25, -0.2) is 9.38 Å². The van der Waals surface area contributed by atoms with Gasteiger partial charge in [0.1, 0.15) is 17.3 Å². The molecule has 29 heavy (non-hydrogen) atoms. The lowest BCUT2D eigenvalue weighted by molar-refractivity contribution is 0.0686. The first-order chi connectivity index (χ1) is 14.0. The van der Waals surface area contributed by atoms with Gasteiger partial charge in [-0.2, -0.15) is 0 Å². The molecule has 2 aromatic carbocycles. The molecule has 0 saturated carbocycles. The summed E-state index contributed by atoms with van der Waals surface area (Å²) in [6.07, 6.45) is 2.94. The van der Waals surface area contributed by atoms with Crippen LogP contribution in [0.5, 0.6) is 0 Å². The number of carbonyl (C=O) groups is 1. The number of halogens is 1. The first-order valence-corrected chi connectivity index (χ1v) is 9.61. The molecule has 3 aromatic rings. The number of likely N-dealkylation sites (tertiary alicyclic amines) is 1. The molecule has 1 amide bonds. The molecule has 2 aliphatic rings. The minimum atomic E-state index is -0.602. The van der Waals surface area contributed by atoms with Crippen LogP contribution in [0.4, 0.5) is 10.1 Å². The Balaban J connectivity index is 1.35. The van der Waals surface area contributed by atoms with E-state index in [-0.39, 0.29) is 17.6 Å². The molecule has 0 aliphatic carbocycles. The Morgan fingerprint density at radius 2 is 1.97 bits per heavy atom. The van der Waals surface area contributed by atoms with Gasteiger partial charge in [0, 0.05) is 48.8 Å². The van der Waals surface area contributed by atoms with Gasteiger partial charge >= 0.3 is 0 Å². The molecule has 6 nitrogen and oxygen atoms in total. The van der Waals surface area contributed by atoms with Crippen molar-refractivity contribution in [2.45, 2.75) is 18.5 Å². The molecule has 1 spiro atoms. The summed E-state index contributed by atoms with van der Waals surface area (Å²) in [7, 11) is 0. The van der Waals surface area contributed by atoms with E-state index < -0.39 is 5.66 Å². The van der Waals surface area contributed by atoms with E-state index in [4.69, 9.17) is 5.73 Å². The Hall–Kier alpha value is -3.48. The van der Waals surface area contributed by atoms with E-state index in [1.807, 2.05) is 41.3 Å². The van der Waals surface area contributed by atoms with Gasteiger partial charge in [-0.3, -0.25) is 9.78 Å². The number of hydrogen-bond donors (Lipinski definition) is 2. The largest absolute Gasteiger partial charge is 0.383 e. The molecule has 1 saturated heterocycles. The van der Waals surface area contributed by atoms with Gasteiger partial charge in [0.15, 0.2) is 0 Å². The summed E-state index contributed by atoms with van der Waals surface area (Å²) < 4.78 is 14.1. The lowest BCUT2D eigenvalue weighted by Gasteiger charge is -2.42. The number of nitrogens with two attached hydrogens (primary N) is 1. The van der Waals surface area contributed by atoms with E-state index in [9.17, 15) is 9.18 Å². The Bertz CT molecular complexity index is 1150. The van der Waals surface area contributed by atoms with Crippen LogP contribution in [0, 0.1) is 5.82 Å². The highest BCUT2D eigenvalue weighted by Crippen LogP contribution is 2.35. The number of pyridine rings is 1. The number of fused-ring (bicyclic) bond motifs is 2. The minimum Gasteiger partial charge on any atom is -0.383 e.